The van der Waals surface area contributed by atoms with E-state index < -0.39 is 0 Å². The first-order valence-corrected chi connectivity index (χ1v) is 9.37. The summed E-state index contributed by atoms with van der Waals surface area (Å²) in [6, 6.07) is 0.745. The van der Waals surface area contributed by atoms with E-state index in [1.165, 1.54) is 6.42 Å². The van der Waals surface area contributed by atoms with Crippen LogP contribution in [0.5, 0.6) is 0 Å². The predicted octanol–water partition coefficient (Wildman–Crippen LogP) is 0.300. The van der Waals surface area contributed by atoms with Crippen LogP contribution in [0.15, 0.2) is 12.4 Å². The lowest BCUT2D eigenvalue weighted by Gasteiger charge is -2.31. The van der Waals surface area contributed by atoms with E-state index >= 15 is 0 Å². The second-order valence-electron chi connectivity index (χ2n) is 7.51. The average Bonchev–Trinajstić information content (AvgIpc) is 3.30. The molecule has 0 radical (unpaired) electrons. The Morgan fingerprint density at radius 2 is 2.00 bits per heavy atom. The zero-order valence-electron chi connectivity index (χ0n) is 15.5. The standard InChI is InChI=1S/C18H31N5O2/c1-20(10-15-9-19-21(2)11-15)18(25)13-23-8-3-5-16(23)12-22-7-4-6-17(22)14-24/h9,11,16-17,24H,3-8,10,12-14H2,1-2H3. The summed E-state index contributed by atoms with van der Waals surface area (Å²) < 4.78 is 1.76. The highest BCUT2D eigenvalue weighted by molar-refractivity contribution is 5.78. The largest absolute Gasteiger partial charge is 0.395 e. The zero-order chi connectivity index (χ0) is 17.8. The number of rotatable bonds is 7. The van der Waals surface area contributed by atoms with Crippen molar-refractivity contribution in [3.05, 3.63) is 18.0 Å². The van der Waals surface area contributed by atoms with E-state index in [-0.39, 0.29) is 12.5 Å². The lowest BCUT2D eigenvalue weighted by atomic mass is 10.2. The Bertz CT molecular complexity index is 576. The van der Waals surface area contributed by atoms with E-state index in [0.717, 1.165) is 44.5 Å². The maximum Gasteiger partial charge on any atom is 0.236 e. The van der Waals surface area contributed by atoms with Gasteiger partial charge in [-0.2, -0.15) is 5.10 Å². The first kappa shape index (κ1) is 18.4. The summed E-state index contributed by atoms with van der Waals surface area (Å²) in [7, 11) is 3.75. The third-order valence-corrected chi connectivity index (χ3v) is 5.60. The number of hydrogen-bond donors (Lipinski definition) is 1. The van der Waals surface area contributed by atoms with Crippen LogP contribution in [0.3, 0.4) is 0 Å². The van der Waals surface area contributed by atoms with Crippen molar-refractivity contribution in [1.29, 1.82) is 0 Å². The molecule has 0 aliphatic carbocycles. The fourth-order valence-corrected chi connectivity index (χ4v) is 4.13. The Hall–Kier alpha value is -1.44. The van der Waals surface area contributed by atoms with Gasteiger partial charge in [-0.15, -0.1) is 0 Å². The van der Waals surface area contributed by atoms with Gasteiger partial charge in [0.2, 0.25) is 5.91 Å². The van der Waals surface area contributed by atoms with Crippen molar-refractivity contribution >= 4 is 5.91 Å². The van der Waals surface area contributed by atoms with E-state index in [2.05, 4.69) is 14.9 Å². The zero-order valence-corrected chi connectivity index (χ0v) is 15.5. The highest BCUT2D eigenvalue weighted by Crippen LogP contribution is 2.23. The quantitative estimate of drug-likeness (QED) is 0.767. The fourth-order valence-electron chi connectivity index (χ4n) is 4.13. The number of likely N-dealkylation sites (N-methyl/N-ethyl adjacent to an activating group) is 1. The molecule has 7 heteroatoms. The normalized spacial score (nSPS) is 24.9. The lowest BCUT2D eigenvalue weighted by Crippen LogP contribution is -2.46. The van der Waals surface area contributed by atoms with E-state index in [1.807, 2.05) is 26.5 Å². The SMILES string of the molecule is CN(Cc1cnn(C)c1)C(=O)CN1CCCC1CN1CCCC1CO. The van der Waals surface area contributed by atoms with Gasteiger partial charge < -0.3 is 10.0 Å². The number of aliphatic hydroxyl groups is 1. The number of carbonyl (C=O) groups excluding carboxylic acids is 1. The van der Waals surface area contributed by atoms with Crippen molar-refractivity contribution in [2.75, 3.05) is 39.8 Å². The molecule has 0 bridgehead atoms. The molecule has 1 N–H and O–H groups in total. The molecule has 0 aromatic carbocycles. The molecule has 0 saturated carbocycles. The van der Waals surface area contributed by atoms with Crippen LogP contribution in [-0.4, -0.2) is 87.4 Å². The molecule has 1 aromatic rings. The predicted molar refractivity (Wildman–Crippen MR) is 96.0 cm³/mol. The Kier molecular flexibility index (Phi) is 6.09. The van der Waals surface area contributed by atoms with Gasteiger partial charge in [0.05, 0.1) is 19.3 Å². The van der Waals surface area contributed by atoms with Crippen LogP contribution in [0.2, 0.25) is 0 Å². The van der Waals surface area contributed by atoms with Crippen molar-refractivity contribution in [2.45, 2.75) is 44.3 Å². The highest BCUT2D eigenvalue weighted by Gasteiger charge is 2.32. The van der Waals surface area contributed by atoms with Crippen LogP contribution in [0, 0.1) is 0 Å². The number of carbonyl (C=O) groups is 1. The first-order valence-electron chi connectivity index (χ1n) is 9.37. The molecule has 2 saturated heterocycles. The summed E-state index contributed by atoms with van der Waals surface area (Å²) in [5.41, 5.74) is 1.05. The molecule has 2 aliphatic rings. The third kappa shape index (κ3) is 4.59. The summed E-state index contributed by atoms with van der Waals surface area (Å²) in [6.45, 7) is 4.38. The molecule has 3 rings (SSSR count). The number of amides is 1. The Morgan fingerprint density at radius 3 is 2.68 bits per heavy atom. The van der Waals surface area contributed by atoms with Crippen molar-refractivity contribution in [3.63, 3.8) is 0 Å². The molecule has 2 fully saturated rings. The van der Waals surface area contributed by atoms with Crippen LogP contribution in [0.4, 0.5) is 0 Å². The van der Waals surface area contributed by atoms with E-state index in [9.17, 15) is 9.90 Å². The van der Waals surface area contributed by atoms with Crippen LogP contribution < -0.4 is 0 Å². The molecule has 3 heterocycles. The van der Waals surface area contributed by atoms with Crippen LogP contribution in [0.1, 0.15) is 31.2 Å². The number of likely N-dealkylation sites (tertiary alicyclic amines) is 2. The first-order chi connectivity index (χ1) is 12.1. The van der Waals surface area contributed by atoms with Gasteiger partial charge >= 0.3 is 0 Å². The minimum Gasteiger partial charge on any atom is -0.395 e. The molecule has 2 atom stereocenters. The summed E-state index contributed by atoms with van der Waals surface area (Å²) >= 11 is 0. The summed E-state index contributed by atoms with van der Waals surface area (Å²) in [5, 5.41) is 13.7. The maximum atomic E-state index is 12.6. The summed E-state index contributed by atoms with van der Waals surface area (Å²) in [4.78, 5) is 19.1. The topological polar surface area (TPSA) is 64.8 Å². The molecule has 1 aromatic heterocycles. The number of aromatic nitrogens is 2. The number of aliphatic hydroxyl groups excluding tert-OH is 1. The van der Waals surface area contributed by atoms with Gasteiger partial charge in [-0.25, -0.2) is 0 Å². The van der Waals surface area contributed by atoms with Gasteiger partial charge in [0.25, 0.3) is 0 Å². The Morgan fingerprint density at radius 1 is 1.28 bits per heavy atom. The third-order valence-electron chi connectivity index (χ3n) is 5.60. The van der Waals surface area contributed by atoms with Crippen LogP contribution >= 0.6 is 0 Å². The van der Waals surface area contributed by atoms with Crippen molar-refractivity contribution in [1.82, 2.24) is 24.5 Å². The Labute approximate surface area is 150 Å². The number of aryl methyl sites for hydroxylation is 1. The molecular formula is C18H31N5O2. The molecule has 7 nitrogen and oxygen atoms in total. The van der Waals surface area contributed by atoms with Crippen molar-refractivity contribution in [2.24, 2.45) is 7.05 Å². The number of hydrogen-bond acceptors (Lipinski definition) is 5. The van der Waals surface area contributed by atoms with Crippen LogP contribution in [0.25, 0.3) is 0 Å². The summed E-state index contributed by atoms with van der Waals surface area (Å²) in [6.07, 6.45) is 8.33. The highest BCUT2D eigenvalue weighted by atomic mass is 16.3. The molecule has 140 valence electrons. The minimum absolute atomic E-state index is 0.163. The summed E-state index contributed by atoms with van der Waals surface area (Å²) in [5.74, 6) is 0.163. The van der Waals surface area contributed by atoms with E-state index in [4.69, 9.17) is 0 Å². The monoisotopic (exact) mass is 349 g/mol. The average molecular weight is 349 g/mol. The van der Waals surface area contributed by atoms with Gasteiger partial charge in [-0.05, 0) is 38.8 Å². The lowest BCUT2D eigenvalue weighted by molar-refractivity contribution is -0.132. The van der Waals surface area contributed by atoms with Gasteiger partial charge in [0, 0.05) is 51.0 Å². The smallest absolute Gasteiger partial charge is 0.236 e. The molecule has 2 unspecified atom stereocenters. The van der Waals surface area contributed by atoms with Crippen molar-refractivity contribution < 1.29 is 9.90 Å². The van der Waals surface area contributed by atoms with Crippen molar-refractivity contribution in [3.8, 4) is 0 Å². The van der Waals surface area contributed by atoms with E-state index in [0.29, 0.717) is 25.2 Å². The van der Waals surface area contributed by atoms with Gasteiger partial charge in [-0.3, -0.25) is 19.3 Å². The number of nitrogens with zero attached hydrogens (tertiary/aromatic N) is 5. The van der Waals surface area contributed by atoms with Crippen LogP contribution in [-0.2, 0) is 18.4 Å². The van der Waals surface area contributed by atoms with Gasteiger partial charge in [0.1, 0.15) is 0 Å². The van der Waals surface area contributed by atoms with Gasteiger partial charge in [-0.1, -0.05) is 0 Å². The van der Waals surface area contributed by atoms with E-state index in [1.54, 1.807) is 9.58 Å². The Balaban J connectivity index is 1.51. The van der Waals surface area contributed by atoms with Gasteiger partial charge in [0.15, 0.2) is 0 Å². The maximum absolute atomic E-state index is 12.6. The molecular weight excluding hydrogens is 318 g/mol. The fraction of sp³-hybridized carbons (Fsp3) is 0.778. The minimum atomic E-state index is 0.163. The molecule has 2 aliphatic heterocycles. The second-order valence-corrected chi connectivity index (χ2v) is 7.51. The second kappa shape index (κ2) is 8.29. The molecule has 1 amide bonds. The molecule has 25 heavy (non-hydrogen) atoms. The molecule has 0 spiro atoms.